The second-order valence-corrected chi connectivity index (χ2v) is 5.85. The summed E-state index contributed by atoms with van der Waals surface area (Å²) in [5.74, 6) is -0.236. The van der Waals surface area contributed by atoms with Gasteiger partial charge in [0.25, 0.3) is 0 Å². The van der Waals surface area contributed by atoms with Gasteiger partial charge in [-0.3, -0.25) is 9.36 Å². The summed E-state index contributed by atoms with van der Waals surface area (Å²) < 4.78 is 6.46. The van der Waals surface area contributed by atoms with Gasteiger partial charge in [0.1, 0.15) is 5.60 Å². The molecule has 0 N–H and O–H groups in total. The van der Waals surface area contributed by atoms with Crippen LogP contribution in [0.25, 0.3) is 10.4 Å². The third kappa shape index (κ3) is 4.21. The summed E-state index contributed by atoms with van der Waals surface area (Å²) in [4.78, 5) is 27.0. The normalized spacial score (nSPS) is 10.7. The van der Waals surface area contributed by atoms with Crippen molar-refractivity contribution >= 4 is 17.6 Å². The monoisotopic (exact) mass is 312 g/mol. The van der Waals surface area contributed by atoms with E-state index in [1.807, 2.05) is 0 Å². The van der Waals surface area contributed by atoms with Crippen LogP contribution in [0.2, 0.25) is 0 Å². The molecule has 0 atom stereocenters. The molecule has 0 spiro atoms. The first-order valence-corrected chi connectivity index (χ1v) is 6.91. The van der Waals surface area contributed by atoms with Crippen LogP contribution in [0.15, 0.2) is 47.8 Å². The van der Waals surface area contributed by atoms with E-state index in [0.29, 0.717) is 16.8 Å². The molecule has 0 fully saturated rings. The molecule has 0 aliphatic rings. The lowest BCUT2D eigenvalue weighted by Gasteiger charge is -2.19. The van der Waals surface area contributed by atoms with E-state index < -0.39 is 11.7 Å². The van der Waals surface area contributed by atoms with Crippen molar-refractivity contribution in [2.24, 2.45) is 5.11 Å². The molecule has 2 rings (SSSR count). The average molecular weight is 312 g/mol. The van der Waals surface area contributed by atoms with Gasteiger partial charge in [-0.25, -0.2) is 4.79 Å². The number of rotatable bonds is 3. The molecule has 7 nitrogen and oxygen atoms in total. The Morgan fingerprint density at radius 3 is 2.35 bits per heavy atom. The Labute approximate surface area is 133 Å². The lowest BCUT2D eigenvalue weighted by molar-refractivity contribution is 0.0537. The van der Waals surface area contributed by atoms with E-state index >= 15 is 0 Å². The van der Waals surface area contributed by atoms with Crippen molar-refractivity contribution in [1.29, 1.82) is 0 Å². The third-order valence-electron chi connectivity index (χ3n) is 2.85. The molecule has 0 radical (unpaired) electrons. The summed E-state index contributed by atoms with van der Waals surface area (Å²) in [5, 5.41) is 3.45. The van der Waals surface area contributed by atoms with Gasteiger partial charge in [-0.15, -0.1) is 0 Å². The van der Waals surface area contributed by atoms with Gasteiger partial charge in [0.15, 0.2) is 5.78 Å². The Balaban J connectivity index is 2.18. The van der Waals surface area contributed by atoms with Gasteiger partial charge in [-0.1, -0.05) is 29.4 Å². The van der Waals surface area contributed by atoms with Crippen LogP contribution in [0.5, 0.6) is 0 Å². The largest absolute Gasteiger partial charge is 0.443 e. The van der Waals surface area contributed by atoms with Crippen molar-refractivity contribution in [2.75, 3.05) is 0 Å². The summed E-state index contributed by atoms with van der Waals surface area (Å²) in [5.41, 5.74) is 8.98. The van der Waals surface area contributed by atoms with Crippen LogP contribution in [0, 0.1) is 0 Å². The highest BCUT2D eigenvalue weighted by molar-refractivity contribution is 6.09. The Kier molecular flexibility index (Phi) is 4.52. The number of aromatic nitrogens is 1. The number of ether oxygens (including phenoxy) is 1. The highest BCUT2D eigenvalue weighted by Crippen LogP contribution is 2.17. The molecule has 0 aliphatic heterocycles. The van der Waals surface area contributed by atoms with Gasteiger partial charge in [-0.2, -0.15) is 0 Å². The van der Waals surface area contributed by atoms with Gasteiger partial charge in [0.05, 0.1) is 0 Å². The standard InChI is InChI=1S/C16H16N4O3/c1-16(2,3)23-15(22)20-9-8-12(10-20)14(21)11-4-6-13(7-5-11)18-19-17/h4-10H,1-3H3. The molecule has 1 aromatic heterocycles. The Bertz CT molecular complexity index is 778. The predicted octanol–water partition coefficient (Wildman–Crippen LogP) is 4.44. The molecular weight excluding hydrogens is 296 g/mol. The fraction of sp³-hybridized carbons (Fsp3) is 0.250. The number of benzene rings is 1. The van der Waals surface area contributed by atoms with E-state index in [-0.39, 0.29) is 5.78 Å². The molecule has 118 valence electrons. The van der Waals surface area contributed by atoms with Gasteiger partial charge >= 0.3 is 6.09 Å². The first-order chi connectivity index (χ1) is 10.8. The molecule has 0 unspecified atom stereocenters. The topological polar surface area (TPSA) is 97.1 Å². The SMILES string of the molecule is CC(C)(C)OC(=O)n1ccc(C(=O)c2ccc(N=[N+]=[N-])cc2)c1. The summed E-state index contributed by atoms with van der Waals surface area (Å²) in [6.45, 7) is 5.31. The average Bonchev–Trinajstić information content (AvgIpc) is 2.96. The van der Waals surface area contributed by atoms with E-state index in [0.717, 1.165) is 0 Å². The maximum Gasteiger partial charge on any atom is 0.418 e. The van der Waals surface area contributed by atoms with E-state index in [2.05, 4.69) is 10.0 Å². The zero-order chi connectivity index (χ0) is 17.0. The molecule has 0 saturated heterocycles. The number of hydrogen-bond acceptors (Lipinski definition) is 4. The molecule has 23 heavy (non-hydrogen) atoms. The zero-order valence-electron chi connectivity index (χ0n) is 13.1. The van der Waals surface area contributed by atoms with Crippen molar-refractivity contribution < 1.29 is 14.3 Å². The molecule has 0 bridgehead atoms. The van der Waals surface area contributed by atoms with Crippen molar-refractivity contribution in [1.82, 2.24) is 4.57 Å². The number of nitrogens with zero attached hydrogens (tertiary/aromatic N) is 4. The van der Waals surface area contributed by atoms with Crippen LogP contribution >= 0.6 is 0 Å². The minimum Gasteiger partial charge on any atom is -0.443 e. The lowest BCUT2D eigenvalue weighted by atomic mass is 10.1. The summed E-state index contributed by atoms with van der Waals surface area (Å²) in [7, 11) is 0. The van der Waals surface area contributed by atoms with Crippen LogP contribution in [0.1, 0.15) is 36.7 Å². The van der Waals surface area contributed by atoms with Gasteiger partial charge in [-0.05, 0) is 32.4 Å². The van der Waals surface area contributed by atoms with Crippen molar-refractivity contribution in [3.63, 3.8) is 0 Å². The van der Waals surface area contributed by atoms with Crippen LogP contribution in [-0.4, -0.2) is 22.0 Å². The second kappa shape index (κ2) is 6.37. The molecule has 0 aliphatic carbocycles. The molecule has 2 aromatic rings. The molecule has 0 saturated carbocycles. The maximum absolute atomic E-state index is 12.4. The molecule has 0 amide bonds. The van der Waals surface area contributed by atoms with Crippen LogP contribution < -0.4 is 0 Å². The predicted molar refractivity (Wildman–Crippen MR) is 84.7 cm³/mol. The number of carbonyl (C=O) groups is 2. The fourth-order valence-electron chi connectivity index (χ4n) is 1.86. The Hall–Kier alpha value is -3.05. The number of hydrogen-bond donors (Lipinski definition) is 0. The van der Waals surface area contributed by atoms with E-state index in [4.69, 9.17) is 10.3 Å². The summed E-state index contributed by atoms with van der Waals surface area (Å²) in [6.07, 6.45) is 2.36. The van der Waals surface area contributed by atoms with E-state index in [9.17, 15) is 9.59 Å². The van der Waals surface area contributed by atoms with Crippen molar-refractivity contribution in [3.8, 4) is 0 Å². The molecular formula is C16H16N4O3. The quantitative estimate of drug-likeness (QED) is 0.362. The zero-order valence-corrected chi connectivity index (χ0v) is 13.1. The lowest BCUT2D eigenvalue weighted by Crippen LogP contribution is -2.26. The van der Waals surface area contributed by atoms with Gasteiger partial charge < -0.3 is 4.74 Å². The highest BCUT2D eigenvalue weighted by atomic mass is 16.6. The second-order valence-electron chi connectivity index (χ2n) is 5.85. The smallest absolute Gasteiger partial charge is 0.418 e. The first-order valence-electron chi connectivity index (χ1n) is 6.91. The number of ketones is 1. The Morgan fingerprint density at radius 2 is 1.78 bits per heavy atom. The summed E-state index contributed by atoms with van der Waals surface area (Å²) in [6, 6.07) is 7.79. The minimum atomic E-state index is -0.609. The fourth-order valence-corrected chi connectivity index (χ4v) is 1.86. The van der Waals surface area contributed by atoms with Crippen molar-refractivity contribution in [2.45, 2.75) is 26.4 Å². The molecule has 1 aromatic carbocycles. The maximum atomic E-state index is 12.4. The number of carbonyl (C=O) groups excluding carboxylic acids is 2. The van der Waals surface area contributed by atoms with Gasteiger partial charge in [0.2, 0.25) is 0 Å². The molecule has 1 heterocycles. The third-order valence-corrected chi connectivity index (χ3v) is 2.85. The Morgan fingerprint density at radius 1 is 1.13 bits per heavy atom. The van der Waals surface area contributed by atoms with Crippen LogP contribution in [-0.2, 0) is 4.74 Å². The van der Waals surface area contributed by atoms with Crippen molar-refractivity contribution in [3.05, 3.63) is 64.3 Å². The van der Waals surface area contributed by atoms with E-state index in [1.54, 1.807) is 51.1 Å². The minimum absolute atomic E-state index is 0.236. The van der Waals surface area contributed by atoms with Crippen LogP contribution in [0.4, 0.5) is 10.5 Å². The van der Waals surface area contributed by atoms with Gasteiger partial charge in [0, 0.05) is 34.1 Å². The van der Waals surface area contributed by atoms with Crippen LogP contribution in [0.3, 0.4) is 0 Å². The van der Waals surface area contributed by atoms with E-state index in [1.165, 1.54) is 17.0 Å². The number of azide groups is 1. The first kappa shape index (κ1) is 16.3. The summed E-state index contributed by atoms with van der Waals surface area (Å²) >= 11 is 0. The molecule has 7 heteroatoms. The highest BCUT2D eigenvalue weighted by Gasteiger charge is 2.19.